The first-order valence-electron chi connectivity index (χ1n) is 9.65. The number of aliphatic imine (C=N–C) groups is 1. The van der Waals surface area contributed by atoms with Gasteiger partial charge in [-0.15, -0.1) is 24.0 Å². The summed E-state index contributed by atoms with van der Waals surface area (Å²) in [6.45, 7) is 9.52. The molecule has 3 rings (SSSR count). The number of hydrogen-bond acceptors (Lipinski definition) is 5. The molecule has 0 spiro atoms. The van der Waals surface area contributed by atoms with Gasteiger partial charge in [0.15, 0.2) is 5.96 Å². The van der Waals surface area contributed by atoms with E-state index in [1.807, 2.05) is 30.3 Å². The molecule has 2 heterocycles. The second-order valence-corrected chi connectivity index (χ2v) is 6.81. The van der Waals surface area contributed by atoms with E-state index in [0.717, 1.165) is 62.2 Å². The molecule has 2 N–H and O–H groups in total. The topological polar surface area (TPSA) is 86.0 Å². The zero-order valence-electron chi connectivity index (χ0n) is 16.9. The minimum absolute atomic E-state index is 0. The van der Waals surface area contributed by atoms with Gasteiger partial charge in [0.25, 0.3) is 0 Å². The van der Waals surface area contributed by atoms with Gasteiger partial charge in [-0.1, -0.05) is 17.3 Å². The number of carbonyl (C=O) groups is 1. The average molecular weight is 512 g/mol. The van der Waals surface area contributed by atoms with E-state index in [4.69, 9.17) is 9.52 Å². The van der Waals surface area contributed by atoms with Gasteiger partial charge in [-0.25, -0.2) is 4.99 Å². The third-order valence-electron chi connectivity index (χ3n) is 4.54. The molecule has 0 radical (unpaired) electrons. The van der Waals surface area contributed by atoms with Crippen LogP contribution in [-0.4, -0.2) is 59.5 Å². The predicted molar refractivity (Wildman–Crippen MR) is 124 cm³/mol. The van der Waals surface area contributed by atoms with E-state index < -0.39 is 0 Å². The molecule has 0 unspecified atom stereocenters. The molecule has 1 amide bonds. The van der Waals surface area contributed by atoms with Crippen molar-refractivity contribution in [1.82, 2.24) is 20.3 Å². The maximum Gasteiger partial charge on any atom is 0.221 e. The molecule has 1 aliphatic heterocycles. The van der Waals surface area contributed by atoms with Crippen molar-refractivity contribution in [3.8, 4) is 0 Å². The van der Waals surface area contributed by atoms with Crippen molar-refractivity contribution in [3.05, 3.63) is 47.9 Å². The lowest BCUT2D eigenvalue weighted by Crippen LogP contribution is -2.52. The summed E-state index contributed by atoms with van der Waals surface area (Å²) >= 11 is 0. The Kier molecular flexibility index (Phi) is 9.39. The van der Waals surface area contributed by atoms with Gasteiger partial charge in [0.2, 0.25) is 5.91 Å². The molecule has 8 nitrogen and oxygen atoms in total. The molecule has 29 heavy (non-hydrogen) atoms. The van der Waals surface area contributed by atoms with Crippen LogP contribution in [0.15, 0.2) is 46.1 Å². The van der Waals surface area contributed by atoms with E-state index in [9.17, 15) is 4.79 Å². The number of carbonyl (C=O) groups excluding carboxylic acids is 1. The van der Waals surface area contributed by atoms with Crippen molar-refractivity contribution < 1.29 is 9.32 Å². The van der Waals surface area contributed by atoms with Crippen molar-refractivity contribution in [1.29, 1.82) is 0 Å². The number of amides is 1. The fourth-order valence-electron chi connectivity index (χ4n) is 3.21. The van der Waals surface area contributed by atoms with Crippen LogP contribution < -0.4 is 10.6 Å². The summed E-state index contributed by atoms with van der Waals surface area (Å²) in [5.74, 6) is 0.853. The first kappa shape index (κ1) is 23.1. The van der Waals surface area contributed by atoms with Crippen LogP contribution in [0, 0.1) is 0 Å². The van der Waals surface area contributed by atoms with Crippen molar-refractivity contribution in [3.63, 3.8) is 0 Å². The summed E-state index contributed by atoms with van der Waals surface area (Å²) in [6, 6.07) is 9.71. The number of anilines is 1. The van der Waals surface area contributed by atoms with Gasteiger partial charge < -0.3 is 20.1 Å². The van der Waals surface area contributed by atoms with E-state index in [1.54, 1.807) is 6.26 Å². The Balaban J connectivity index is 0.00000300. The third-order valence-corrected chi connectivity index (χ3v) is 4.54. The number of benzene rings is 1. The van der Waals surface area contributed by atoms with Gasteiger partial charge in [0.1, 0.15) is 6.26 Å². The molecule has 1 fully saturated rings. The third kappa shape index (κ3) is 7.32. The zero-order chi connectivity index (χ0) is 19.8. The average Bonchev–Trinajstić information content (AvgIpc) is 3.19. The van der Waals surface area contributed by atoms with Gasteiger partial charge in [-0.2, -0.15) is 0 Å². The Bertz CT molecular complexity index is 788. The van der Waals surface area contributed by atoms with E-state index in [0.29, 0.717) is 6.54 Å². The van der Waals surface area contributed by atoms with E-state index in [-0.39, 0.29) is 29.9 Å². The Labute approximate surface area is 188 Å². The number of aromatic nitrogens is 1. The smallest absolute Gasteiger partial charge is 0.221 e. The van der Waals surface area contributed by atoms with Crippen LogP contribution in [0.3, 0.4) is 0 Å². The molecule has 2 aromatic rings. The summed E-state index contributed by atoms with van der Waals surface area (Å²) in [7, 11) is 0. The summed E-state index contributed by atoms with van der Waals surface area (Å²) < 4.78 is 4.91. The molecule has 158 valence electrons. The summed E-state index contributed by atoms with van der Waals surface area (Å²) in [5, 5.41) is 10.2. The van der Waals surface area contributed by atoms with Crippen molar-refractivity contribution >= 4 is 41.5 Å². The van der Waals surface area contributed by atoms with Crippen LogP contribution in [0.4, 0.5) is 5.69 Å². The van der Waals surface area contributed by atoms with Crippen molar-refractivity contribution in [2.24, 2.45) is 4.99 Å². The van der Waals surface area contributed by atoms with Gasteiger partial charge in [0, 0.05) is 57.9 Å². The summed E-state index contributed by atoms with van der Waals surface area (Å²) in [6.07, 6.45) is 1.61. The van der Waals surface area contributed by atoms with E-state index in [2.05, 4.69) is 32.5 Å². The molecule has 0 aliphatic carbocycles. The second-order valence-electron chi connectivity index (χ2n) is 6.81. The molecular weight excluding hydrogens is 483 g/mol. The number of halogens is 1. The molecule has 0 saturated carbocycles. The van der Waals surface area contributed by atoms with Crippen LogP contribution in [0.5, 0.6) is 0 Å². The van der Waals surface area contributed by atoms with Crippen LogP contribution in [-0.2, 0) is 17.9 Å². The maximum absolute atomic E-state index is 11.2. The number of nitrogens with one attached hydrogen (secondary N) is 2. The highest BCUT2D eigenvalue weighted by Crippen LogP contribution is 2.12. The highest BCUT2D eigenvalue weighted by Gasteiger charge is 2.20. The Morgan fingerprint density at radius 1 is 1.24 bits per heavy atom. The monoisotopic (exact) mass is 512 g/mol. The molecule has 0 atom stereocenters. The molecule has 1 aromatic carbocycles. The SMILES string of the molecule is CCNC(=NCc1cccc(NC(C)=O)c1)N1CCN(Cc2ccon2)CC1.I. The number of nitrogens with zero attached hydrogens (tertiary/aromatic N) is 4. The van der Waals surface area contributed by atoms with Gasteiger partial charge in [0.05, 0.1) is 12.2 Å². The largest absolute Gasteiger partial charge is 0.364 e. The van der Waals surface area contributed by atoms with Gasteiger partial charge in [-0.05, 0) is 24.6 Å². The minimum Gasteiger partial charge on any atom is -0.364 e. The van der Waals surface area contributed by atoms with Crippen molar-refractivity contribution in [2.45, 2.75) is 26.9 Å². The fourth-order valence-corrected chi connectivity index (χ4v) is 3.21. The number of rotatable bonds is 6. The number of piperazine rings is 1. The Morgan fingerprint density at radius 3 is 2.69 bits per heavy atom. The fraction of sp³-hybridized carbons (Fsp3) is 0.450. The standard InChI is InChI=1S/C20H28N6O2.HI/c1-3-21-20(22-14-17-5-4-6-18(13-17)23-16(2)27)26-10-8-25(9-11-26)15-19-7-12-28-24-19;/h4-7,12-13H,3,8-11,14-15H2,1-2H3,(H,21,22)(H,23,27);1H. The molecule has 1 saturated heterocycles. The minimum atomic E-state index is -0.0718. The lowest BCUT2D eigenvalue weighted by atomic mass is 10.2. The lowest BCUT2D eigenvalue weighted by molar-refractivity contribution is -0.114. The second kappa shape index (κ2) is 11.8. The molecule has 1 aromatic heterocycles. The normalized spacial score (nSPS) is 15.0. The van der Waals surface area contributed by atoms with E-state index in [1.165, 1.54) is 6.92 Å². The highest BCUT2D eigenvalue weighted by molar-refractivity contribution is 14.0. The van der Waals surface area contributed by atoms with Crippen molar-refractivity contribution in [2.75, 3.05) is 38.0 Å². The molecule has 0 bridgehead atoms. The predicted octanol–water partition coefficient (Wildman–Crippen LogP) is 2.53. The summed E-state index contributed by atoms with van der Waals surface area (Å²) in [5.41, 5.74) is 2.83. The maximum atomic E-state index is 11.2. The molecule has 9 heteroatoms. The highest BCUT2D eigenvalue weighted by atomic mass is 127. The summed E-state index contributed by atoms with van der Waals surface area (Å²) in [4.78, 5) is 20.7. The van der Waals surface area contributed by atoms with Crippen LogP contribution in [0.1, 0.15) is 25.1 Å². The molecule has 1 aliphatic rings. The van der Waals surface area contributed by atoms with Gasteiger partial charge in [-0.3, -0.25) is 9.69 Å². The number of guanidine groups is 1. The van der Waals surface area contributed by atoms with Crippen LogP contribution in [0.25, 0.3) is 0 Å². The van der Waals surface area contributed by atoms with Crippen LogP contribution >= 0.6 is 24.0 Å². The quantitative estimate of drug-likeness (QED) is 0.352. The van der Waals surface area contributed by atoms with Crippen LogP contribution in [0.2, 0.25) is 0 Å². The first-order chi connectivity index (χ1) is 13.6. The Morgan fingerprint density at radius 2 is 2.03 bits per heavy atom. The lowest BCUT2D eigenvalue weighted by Gasteiger charge is -2.36. The zero-order valence-corrected chi connectivity index (χ0v) is 19.3. The first-order valence-corrected chi connectivity index (χ1v) is 9.65. The number of hydrogen-bond donors (Lipinski definition) is 2. The van der Waals surface area contributed by atoms with E-state index >= 15 is 0 Å². The molecular formula is C20H29IN6O2. The Hall–Kier alpha value is -2.14. The van der Waals surface area contributed by atoms with Gasteiger partial charge >= 0.3 is 0 Å².